The van der Waals surface area contributed by atoms with Gasteiger partial charge < -0.3 is 49.1 Å². The molecule has 0 aliphatic rings. The Morgan fingerprint density at radius 1 is 0.906 bits per heavy atom. The van der Waals surface area contributed by atoms with Gasteiger partial charge in [0.1, 0.15) is 24.2 Å². The number of nitrogens with one attached hydrogen (secondary N) is 3. The maximum Gasteiger partial charge on any atom is 0.326 e. The summed E-state index contributed by atoms with van der Waals surface area (Å²) in [5.74, 6) is -5.03. The first-order valence-corrected chi connectivity index (χ1v) is 9.67. The summed E-state index contributed by atoms with van der Waals surface area (Å²) in [5, 5.41) is 25.3. The molecule has 5 atom stereocenters. The second kappa shape index (κ2) is 13.8. The Kier molecular flexibility index (Phi) is 12.3. The zero-order valence-electron chi connectivity index (χ0n) is 17.9. The largest absolute Gasteiger partial charge is 0.480 e. The van der Waals surface area contributed by atoms with Gasteiger partial charge >= 0.3 is 5.97 Å². The first-order valence-electron chi connectivity index (χ1n) is 9.67. The molecule has 4 amide bonds. The number of hydrogen-bond acceptors (Lipinski definition) is 8. The van der Waals surface area contributed by atoms with Crippen LogP contribution in [0.3, 0.4) is 0 Å². The van der Waals surface area contributed by atoms with E-state index in [9.17, 15) is 29.1 Å². The van der Waals surface area contributed by atoms with Crippen molar-refractivity contribution < 1.29 is 34.2 Å². The van der Waals surface area contributed by atoms with Crippen LogP contribution in [0.2, 0.25) is 0 Å². The molecule has 15 nitrogen and oxygen atoms in total. The van der Waals surface area contributed by atoms with Gasteiger partial charge in [0, 0.05) is 6.54 Å². The number of rotatable bonds is 14. The highest BCUT2D eigenvalue weighted by Crippen LogP contribution is 2.02. The lowest BCUT2D eigenvalue weighted by Gasteiger charge is -2.24. The van der Waals surface area contributed by atoms with Gasteiger partial charge in [0.25, 0.3) is 0 Å². The summed E-state index contributed by atoms with van der Waals surface area (Å²) in [6.07, 6.45) is -1.47. The number of hydrogen-bond donors (Lipinski definition) is 9. The number of carboxylic acid groups (broad SMARTS) is 1. The third-order valence-electron chi connectivity index (χ3n) is 4.17. The van der Waals surface area contributed by atoms with E-state index in [1.54, 1.807) is 0 Å². The van der Waals surface area contributed by atoms with E-state index in [1.807, 2.05) is 0 Å². The highest BCUT2D eigenvalue weighted by atomic mass is 16.4. The number of guanidine groups is 1. The molecule has 0 aliphatic carbocycles. The summed E-state index contributed by atoms with van der Waals surface area (Å²) in [5.41, 5.74) is 21.0. The van der Waals surface area contributed by atoms with Gasteiger partial charge in [0.15, 0.2) is 5.96 Å². The molecule has 0 saturated heterocycles. The summed E-state index contributed by atoms with van der Waals surface area (Å²) in [7, 11) is 0. The summed E-state index contributed by atoms with van der Waals surface area (Å²) >= 11 is 0. The minimum Gasteiger partial charge on any atom is -0.480 e. The summed E-state index contributed by atoms with van der Waals surface area (Å²) < 4.78 is 0. The van der Waals surface area contributed by atoms with Crippen LogP contribution in [-0.4, -0.2) is 82.6 Å². The normalized spacial score (nSPS) is 15.2. The van der Waals surface area contributed by atoms with Crippen molar-refractivity contribution in [2.75, 3.05) is 6.54 Å². The van der Waals surface area contributed by atoms with E-state index < -0.39 is 66.3 Å². The number of aliphatic hydroxyl groups is 1. The molecule has 0 saturated carbocycles. The van der Waals surface area contributed by atoms with Crippen LogP contribution in [0, 0.1) is 0 Å². The zero-order chi connectivity index (χ0) is 25.0. The van der Waals surface area contributed by atoms with Crippen LogP contribution in [0.5, 0.6) is 0 Å². The van der Waals surface area contributed by atoms with Crippen LogP contribution in [-0.2, 0) is 24.0 Å². The second-order valence-electron chi connectivity index (χ2n) is 7.08. The average molecular weight is 460 g/mol. The quantitative estimate of drug-likeness (QED) is 0.0677. The maximum atomic E-state index is 12.6. The van der Waals surface area contributed by atoms with Gasteiger partial charge in [-0.05, 0) is 26.7 Å². The third-order valence-corrected chi connectivity index (χ3v) is 4.17. The van der Waals surface area contributed by atoms with Crippen LogP contribution in [0.25, 0.3) is 0 Å². The molecule has 15 heteroatoms. The van der Waals surface area contributed by atoms with Crippen LogP contribution in [0.4, 0.5) is 0 Å². The third kappa shape index (κ3) is 11.1. The van der Waals surface area contributed by atoms with Gasteiger partial charge in [0.2, 0.25) is 23.6 Å². The Hall–Kier alpha value is -3.46. The van der Waals surface area contributed by atoms with Crippen molar-refractivity contribution in [3.8, 4) is 0 Å². The number of nitrogens with zero attached hydrogens (tertiary/aromatic N) is 1. The monoisotopic (exact) mass is 460 g/mol. The SMILES string of the molecule is CC(NC(=O)C(CCCN=C(N)N)NC(=O)C(N)C(C)O)C(=O)NC(CC(N)=O)C(=O)O. The summed E-state index contributed by atoms with van der Waals surface area (Å²) in [4.78, 5) is 62.9. The van der Waals surface area contributed by atoms with E-state index in [-0.39, 0.29) is 25.3 Å². The molecule has 0 heterocycles. The molecule has 0 aromatic heterocycles. The van der Waals surface area contributed by atoms with E-state index >= 15 is 0 Å². The van der Waals surface area contributed by atoms with Crippen LogP contribution in [0.1, 0.15) is 33.1 Å². The van der Waals surface area contributed by atoms with Crippen molar-refractivity contribution in [1.82, 2.24) is 16.0 Å². The van der Waals surface area contributed by atoms with E-state index in [0.717, 1.165) is 0 Å². The number of carboxylic acids is 1. The predicted molar refractivity (Wildman–Crippen MR) is 112 cm³/mol. The van der Waals surface area contributed by atoms with Gasteiger partial charge in [-0.15, -0.1) is 0 Å². The lowest BCUT2D eigenvalue weighted by molar-refractivity contribution is -0.143. The lowest BCUT2D eigenvalue weighted by atomic mass is 10.1. The van der Waals surface area contributed by atoms with Crippen LogP contribution >= 0.6 is 0 Å². The van der Waals surface area contributed by atoms with Gasteiger partial charge in [-0.2, -0.15) is 0 Å². The molecule has 0 aromatic carbocycles. The molecule has 0 bridgehead atoms. The molecule has 13 N–H and O–H groups in total. The first-order chi connectivity index (χ1) is 14.8. The van der Waals surface area contributed by atoms with E-state index in [2.05, 4.69) is 20.9 Å². The maximum absolute atomic E-state index is 12.6. The highest BCUT2D eigenvalue weighted by Gasteiger charge is 2.29. The van der Waals surface area contributed by atoms with E-state index in [1.165, 1.54) is 13.8 Å². The van der Waals surface area contributed by atoms with Crippen molar-refractivity contribution in [2.24, 2.45) is 27.9 Å². The van der Waals surface area contributed by atoms with Crippen molar-refractivity contribution >= 4 is 35.6 Å². The fourth-order valence-corrected chi connectivity index (χ4v) is 2.34. The number of carbonyl (C=O) groups is 5. The van der Waals surface area contributed by atoms with Crippen molar-refractivity contribution in [1.29, 1.82) is 0 Å². The minimum atomic E-state index is -1.57. The van der Waals surface area contributed by atoms with Crippen LogP contribution in [0.15, 0.2) is 4.99 Å². The number of aliphatic carboxylic acids is 1. The summed E-state index contributed by atoms with van der Waals surface area (Å²) in [6, 6.07) is -5.25. The molecular weight excluding hydrogens is 428 g/mol. The summed E-state index contributed by atoms with van der Waals surface area (Å²) in [6.45, 7) is 2.74. The Bertz CT molecular complexity index is 724. The lowest BCUT2D eigenvalue weighted by Crippen LogP contribution is -2.57. The molecule has 0 aromatic rings. The number of nitrogens with two attached hydrogens (primary N) is 4. The topological polar surface area (TPSA) is 278 Å². The number of carbonyl (C=O) groups excluding carboxylic acids is 4. The standard InChI is InChI=1S/C17H32N8O7/c1-7(13(28)25-10(16(31)32)6-11(18)27)23-14(29)9(4-3-5-22-17(20)21)24-15(30)12(19)8(2)26/h7-10,12,26H,3-6,19H2,1-2H3,(H2,18,27)(H,23,29)(H,24,30)(H,25,28)(H,31,32)(H4,20,21,22). The number of primary amides is 1. The van der Waals surface area contributed by atoms with Gasteiger partial charge in [-0.1, -0.05) is 0 Å². The molecule has 32 heavy (non-hydrogen) atoms. The Labute approximate surface area is 184 Å². The number of aliphatic imine (C=N–C) groups is 1. The number of amides is 4. The second-order valence-corrected chi connectivity index (χ2v) is 7.08. The Balaban J connectivity index is 5.19. The molecule has 0 radical (unpaired) electrons. The molecule has 0 spiro atoms. The van der Waals surface area contributed by atoms with Crippen molar-refractivity contribution in [3.63, 3.8) is 0 Å². The first kappa shape index (κ1) is 28.5. The average Bonchev–Trinajstić information content (AvgIpc) is 2.67. The van der Waals surface area contributed by atoms with E-state index in [0.29, 0.717) is 0 Å². The Morgan fingerprint density at radius 3 is 1.94 bits per heavy atom. The fourth-order valence-electron chi connectivity index (χ4n) is 2.34. The number of aliphatic hydroxyl groups excluding tert-OH is 1. The van der Waals surface area contributed by atoms with Gasteiger partial charge in [-0.3, -0.25) is 24.2 Å². The molecule has 182 valence electrons. The molecular formula is C17H32N8O7. The molecule has 5 unspecified atom stereocenters. The minimum absolute atomic E-state index is 0.0641. The zero-order valence-corrected chi connectivity index (χ0v) is 17.9. The van der Waals surface area contributed by atoms with E-state index in [4.69, 9.17) is 28.0 Å². The van der Waals surface area contributed by atoms with Crippen molar-refractivity contribution in [3.05, 3.63) is 0 Å². The van der Waals surface area contributed by atoms with Gasteiger partial charge in [0.05, 0.1) is 12.5 Å². The highest BCUT2D eigenvalue weighted by molar-refractivity contribution is 5.94. The Morgan fingerprint density at radius 2 is 1.47 bits per heavy atom. The smallest absolute Gasteiger partial charge is 0.326 e. The molecule has 0 rings (SSSR count). The van der Waals surface area contributed by atoms with Crippen LogP contribution < -0.4 is 38.9 Å². The fraction of sp³-hybridized carbons (Fsp3) is 0.647. The molecule has 0 fully saturated rings. The van der Waals surface area contributed by atoms with Crippen molar-refractivity contribution in [2.45, 2.75) is 63.4 Å². The van der Waals surface area contributed by atoms with Gasteiger partial charge in [-0.25, -0.2) is 4.79 Å². The molecule has 0 aliphatic heterocycles. The predicted octanol–water partition coefficient (Wildman–Crippen LogP) is -4.82.